The van der Waals surface area contributed by atoms with E-state index in [9.17, 15) is 13.5 Å². The van der Waals surface area contributed by atoms with Crippen LogP contribution in [0, 0.1) is 23.7 Å². The van der Waals surface area contributed by atoms with Crippen LogP contribution in [0.5, 0.6) is 5.75 Å². The van der Waals surface area contributed by atoms with Crippen LogP contribution in [-0.4, -0.2) is 71.6 Å². The second-order valence-electron chi connectivity index (χ2n) is 10.1. The molecule has 9 heteroatoms. The Morgan fingerprint density at radius 2 is 1.97 bits per heavy atom. The largest absolute Gasteiger partial charge is 0.487 e. The lowest BCUT2D eigenvalue weighted by molar-refractivity contribution is 0.0733. The summed E-state index contributed by atoms with van der Waals surface area (Å²) in [5, 5.41) is 9.83. The minimum Gasteiger partial charge on any atom is -0.487 e. The third-order valence-corrected chi connectivity index (χ3v) is 9.02. The van der Waals surface area contributed by atoms with Crippen LogP contribution in [0.3, 0.4) is 0 Å². The molecular formula is C27H36N4O4S. The first-order chi connectivity index (χ1) is 17.3. The van der Waals surface area contributed by atoms with Crippen molar-refractivity contribution in [2.75, 3.05) is 26.7 Å². The summed E-state index contributed by atoms with van der Waals surface area (Å²) in [5.74, 6) is 7.19. The van der Waals surface area contributed by atoms with E-state index >= 15 is 0 Å². The Balaban J connectivity index is 1.66. The first kappa shape index (κ1) is 26.6. The van der Waals surface area contributed by atoms with Crippen molar-refractivity contribution in [2.24, 2.45) is 11.8 Å². The highest BCUT2D eigenvalue weighted by Crippen LogP contribution is 2.34. The predicted octanol–water partition coefficient (Wildman–Crippen LogP) is 2.92. The molecule has 1 saturated carbocycles. The van der Waals surface area contributed by atoms with Gasteiger partial charge in [-0.1, -0.05) is 31.6 Å². The molecule has 36 heavy (non-hydrogen) atoms. The van der Waals surface area contributed by atoms with E-state index in [0.29, 0.717) is 24.8 Å². The van der Waals surface area contributed by atoms with Gasteiger partial charge in [0.2, 0.25) is 10.0 Å². The van der Waals surface area contributed by atoms with Gasteiger partial charge in [0, 0.05) is 61.0 Å². The average molecular weight is 513 g/mol. The number of sulfonamides is 1. The first-order valence-corrected chi connectivity index (χ1v) is 14.1. The summed E-state index contributed by atoms with van der Waals surface area (Å²) in [6.07, 6.45) is 9.47. The Kier molecular flexibility index (Phi) is 8.62. The van der Waals surface area contributed by atoms with Crippen LogP contribution in [-0.2, 0) is 16.6 Å². The van der Waals surface area contributed by atoms with Gasteiger partial charge in [0.15, 0.2) is 0 Å². The van der Waals surface area contributed by atoms with E-state index in [1.54, 1.807) is 37.5 Å². The Morgan fingerprint density at radius 1 is 1.25 bits per heavy atom. The highest BCUT2D eigenvalue weighted by Gasteiger charge is 2.38. The number of benzene rings is 1. The number of aliphatic hydroxyl groups is 1. The third-order valence-electron chi connectivity index (χ3n) is 7.00. The maximum absolute atomic E-state index is 13.6. The van der Waals surface area contributed by atoms with Crippen LogP contribution < -0.4 is 4.74 Å². The molecule has 2 aliphatic rings. The fourth-order valence-electron chi connectivity index (χ4n) is 4.87. The highest BCUT2D eigenvalue weighted by atomic mass is 32.2. The van der Waals surface area contributed by atoms with Crippen LogP contribution >= 0.6 is 0 Å². The second kappa shape index (κ2) is 11.7. The van der Waals surface area contributed by atoms with Crippen molar-refractivity contribution in [1.82, 2.24) is 19.2 Å². The summed E-state index contributed by atoms with van der Waals surface area (Å²) in [4.78, 5) is 10.4. The van der Waals surface area contributed by atoms with Crippen molar-refractivity contribution in [3.63, 3.8) is 0 Å². The zero-order valence-electron chi connectivity index (χ0n) is 21.3. The van der Waals surface area contributed by atoms with Crippen LogP contribution in [0.15, 0.2) is 41.8 Å². The molecule has 1 fully saturated rings. The van der Waals surface area contributed by atoms with E-state index in [4.69, 9.17) is 4.74 Å². The minimum atomic E-state index is -3.86. The fourth-order valence-corrected chi connectivity index (χ4v) is 6.70. The number of aliphatic hydroxyl groups excluding tert-OH is 1. The summed E-state index contributed by atoms with van der Waals surface area (Å²) in [6.45, 7) is 4.93. The molecule has 2 aromatic rings. The minimum absolute atomic E-state index is 0.116. The molecule has 1 N–H and O–H groups in total. The molecule has 0 bridgehead atoms. The lowest BCUT2D eigenvalue weighted by atomic mass is 10.0. The number of likely N-dealkylation sites (N-methyl/N-ethyl adjacent to an activating group) is 1. The Labute approximate surface area is 214 Å². The lowest BCUT2D eigenvalue weighted by Crippen LogP contribution is -2.49. The zero-order valence-corrected chi connectivity index (χ0v) is 22.1. The molecule has 194 valence electrons. The number of ether oxygens (including phenoxy) is 1. The van der Waals surface area contributed by atoms with Gasteiger partial charge in [-0.15, -0.1) is 0 Å². The monoisotopic (exact) mass is 512 g/mol. The van der Waals surface area contributed by atoms with Gasteiger partial charge in [-0.25, -0.2) is 18.4 Å². The van der Waals surface area contributed by atoms with Crippen molar-refractivity contribution in [1.29, 1.82) is 0 Å². The lowest BCUT2D eigenvalue weighted by Gasteiger charge is -2.37. The molecule has 1 aliphatic carbocycles. The normalized spacial score (nSPS) is 23.1. The predicted molar refractivity (Wildman–Crippen MR) is 138 cm³/mol. The van der Waals surface area contributed by atoms with Gasteiger partial charge < -0.3 is 9.84 Å². The summed E-state index contributed by atoms with van der Waals surface area (Å²) in [6, 6.07) is 4.56. The van der Waals surface area contributed by atoms with E-state index in [1.807, 2.05) is 14.0 Å². The maximum atomic E-state index is 13.6. The van der Waals surface area contributed by atoms with E-state index in [1.165, 1.54) is 23.5 Å². The average Bonchev–Trinajstić information content (AvgIpc) is 3.39. The molecule has 1 aliphatic heterocycles. The molecule has 8 nitrogen and oxygen atoms in total. The van der Waals surface area contributed by atoms with Crippen molar-refractivity contribution < 1.29 is 18.3 Å². The molecule has 0 spiro atoms. The van der Waals surface area contributed by atoms with Crippen molar-refractivity contribution in [3.05, 3.63) is 48.0 Å². The Morgan fingerprint density at radius 3 is 2.67 bits per heavy atom. The first-order valence-electron chi connectivity index (χ1n) is 12.6. The van der Waals surface area contributed by atoms with Gasteiger partial charge in [0.25, 0.3) is 0 Å². The molecule has 1 aromatic heterocycles. The van der Waals surface area contributed by atoms with E-state index in [2.05, 4.69) is 26.7 Å². The summed E-state index contributed by atoms with van der Waals surface area (Å²) in [7, 11) is -1.87. The molecule has 4 rings (SSSR count). The van der Waals surface area contributed by atoms with Gasteiger partial charge in [-0.05, 0) is 45.0 Å². The summed E-state index contributed by atoms with van der Waals surface area (Å²) < 4.78 is 35.2. The van der Waals surface area contributed by atoms with Crippen LogP contribution in [0.4, 0.5) is 0 Å². The van der Waals surface area contributed by atoms with Gasteiger partial charge >= 0.3 is 0 Å². The van der Waals surface area contributed by atoms with E-state index in [-0.39, 0.29) is 30.1 Å². The van der Waals surface area contributed by atoms with Gasteiger partial charge in [-0.3, -0.25) is 4.90 Å². The zero-order chi connectivity index (χ0) is 25.7. The standard InChI is InChI=1S/C27H36N4O4S/c1-20-15-31(21(2)18-32)36(33,34)27-11-10-23(9-8-22-6-4-5-7-22)12-25(27)35-26(20)17-30(3)16-24-13-28-19-29-14-24/h10-14,19-22,26,32H,4-7,15-18H2,1-3H3/t20-,21+,26+/m0/s1. The van der Waals surface area contributed by atoms with Gasteiger partial charge in [-0.2, -0.15) is 4.31 Å². The summed E-state index contributed by atoms with van der Waals surface area (Å²) in [5.41, 5.74) is 1.74. The van der Waals surface area contributed by atoms with E-state index in [0.717, 1.165) is 24.0 Å². The van der Waals surface area contributed by atoms with Gasteiger partial charge in [0.1, 0.15) is 23.1 Å². The quantitative estimate of drug-likeness (QED) is 0.595. The highest BCUT2D eigenvalue weighted by molar-refractivity contribution is 7.89. The molecule has 0 radical (unpaired) electrons. The van der Waals surface area contributed by atoms with Crippen molar-refractivity contribution in [3.8, 4) is 17.6 Å². The molecular weight excluding hydrogens is 476 g/mol. The molecule has 0 unspecified atom stereocenters. The molecule has 3 atom stereocenters. The number of aromatic nitrogens is 2. The Bertz CT molecular complexity index is 1190. The summed E-state index contributed by atoms with van der Waals surface area (Å²) >= 11 is 0. The number of hydrogen-bond donors (Lipinski definition) is 1. The second-order valence-corrected chi connectivity index (χ2v) is 12.0. The molecule has 0 amide bonds. The van der Waals surface area contributed by atoms with E-state index < -0.39 is 16.1 Å². The maximum Gasteiger partial charge on any atom is 0.247 e. The van der Waals surface area contributed by atoms with Crippen molar-refractivity contribution >= 4 is 10.0 Å². The fraction of sp³-hybridized carbons (Fsp3) is 0.556. The Hall–Kier alpha value is -2.51. The smallest absolute Gasteiger partial charge is 0.247 e. The number of fused-ring (bicyclic) bond motifs is 1. The number of nitrogens with zero attached hydrogens (tertiary/aromatic N) is 4. The molecule has 2 heterocycles. The van der Waals surface area contributed by atoms with Crippen LogP contribution in [0.2, 0.25) is 0 Å². The van der Waals surface area contributed by atoms with Crippen LogP contribution in [0.25, 0.3) is 0 Å². The number of hydrogen-bond acceptors (Lipinski definition) is 7. The van der Waals surface area contributed by atoms with Crippen LogP contribution in [0.1, 0.15) is 50.7 Å². The topological polar surface area (TPSA) is 95.9 Å². The number of rotatable bonds is 6. The SMILES string of the molecule is C[C@H](CO)N1C[C@H](C)[C@@H](CN(C)Cc2cncnc2)Oc2cc(C#CC3CCCC3)ccc2S1(=O)=O. The van der Waals surface area contributed by atoms with Crippen molar-refractivity contribution in [2.45, 2.75) is 63.1 Å². The molecule has 1 aromatic carbocycles. The third kappa shape index (κ3) is 6.24. The molecule has 0 saturated heterocycles. The van der Waals surface area contributed by atoms with Gasteiger partial charge in [0.05, 0.1) is 6.61 Å².